The molecule has 172 valence electrons. The van der Waals surface area contributed by atoms with E-state index in [1.54, 1.807) is 29.9 Å². The van der Waals surface area contributed by atoms with Crippen LogP contribution >= 0.6 is 11.8 Å². The number of nitrogens with zero attached hydrogens (tertiary/aromatic N) is 4. The number of carbonyl (C=O) groups excluding carboxylic acids is 2. The van der Waals surface area contributed by atoms with Crippen LogP contribution in [0.15, 0.2) is 82.0 Å². The van der Waals surface area contributed by atoms with Crippen molar-refractivity contribution < 1.29 is 18.7 Å². The van der Waals surface area contributed by atoms with Gasteiger partial charge in [0.25, 0.3) is 0 Å². The molecule has 0 bridgehead atoms. The highest BCUT2D eigenvalue weighted by atomic mass is 32.2. The van der Waals surface area contributed by atoms with E-state index in [1.807, 2.05) is 30.3 Å². The molecule has 10 nitrogen and oxygen atoms in total. The number of ether oxygens (including phenoxy) is 1. The zero-order chi connectivity index (χ0) is 23.5. The number of nitrogens with one attached hydrogen (secondary N) is 2. The number of aromatic nitrogens is 4. The molecule has 3 aromatic heterocycles. The Kier molecular flexibility index (Phi) is 6.00. The van der Waals surface area contributed by atoms with E-state index >= 15 is 0 Å². The first-order valence-electron chi connectivity index (χ1n) is 10.5. The van der Waals surface area contributed by atoms with Gasteiger partial charge in [0, 0.05) is 11.4 Å². The van der Waals surface area contributed by atoms with Crippen molar-refractivity contribution in [2.24, 2.45) is 0 Å². The van der Waals surface area contributed by atoms with Crippen molar-refractivity contribution in [3.8, 4) is 5.69 Å². The van der Waals surface area contributed by atoms with Gasteiger partial charge in [-0.15, -0.1) is 0 Å². The third-order valence-electron chi connectivity index (χ3n) is 5.16. The maximum atomic E-state index is 12.8. The predicted molar refractivity (Wildman–Crippen MR) is 124 cm³/mol. The van der Waals surface area contributed by atoms with E-state index in [4.69, 9.17) is 9.15 Å². The third kappa shape index (κ3) is 4.13. The Bertz CT molecular complexity index is 1370. The molecule has 4 aromatic rings. The Balaban J connectivity index is 1.49. The van der Waals surface area contributed by atoms with Gasteiger partial charge in [0.1, 0.15) is 23.2 Å². The van der Waals surface area contributed by atoms with Gasteiger partial charge >= 0.3 is 12.0 Å². The number of amides is 2. The number of carbonyl (C=O) groups is 2. The average molecular weight is 477 g/mol. The number of para-hydroxylation sites is 1. The lowest BCUT2D eigenvalue weighted by atomic mass is 10.0. The number of hydrogen-bond donors (Lipinski definition) is 2. The minimum atomic E-state index is -0.760. The molecular formula is C23H20N6O4S. The molecule has 0 saturated carbocycles. The Labute approximate surface area is 198 Å². The zero-order valence-corrected chi connectivity index (χ0v) is 18.9. The van der Waals surface area contributed by atoms with Crippen molar-refractivity contribution in [1.82, 2.24) is 30.4 Å². The summed E-state index contributed by atoms with van der Waals surface area (Å²) in [4.78, 5) is 34.0. The van der Waals surface area contributed by atoms with Gasteiger partial charge in [0.15, 0.2) is 5.65 Å². The second kappa shape index (κ2) is 9.40. The Hall–Kier alpha value is -4.12. The smallest absolute Gasteiger partial charge is 0.338 e. The molecule has 0 aliphatic carbocycles. The summed E-state index contributed by atoms with van der Waals surface area (Å²) in [7, 11) is 0. The molecule has 0 fully saturated rings. The molecule has 5 rings (SSSR count). The zero-order valence-electron chi connectivity index (χ0n) is 18.1. The van der Waals surface area contributed by atoms with Crippen molar-refractivity contribution in [2.75, 3.05) is 12.4 Å². The van der Waals surface area contributed by atoms with Crippen LogP contribution in [0, 0.1) is 0 Å². The van der Waals surface area contributed by atoms with Crippen LogP contribution in [0.5, 0.6) is 0 Å². The van der Waals surface area contributed by atoms with Crippen molar-refractivity contribution in [1.29, 1.82) is 0 Å². The molecule has 2 amide bonds. The third-order valence-corrected chi connectivity index (χ3v) is 6.19. The Morgan fingerprint density at radius 3 is 2.82 bits per heavy atom. The van der Waals surface area contributed by atoms with E-state index in [1.165, 1.54) is 24.4 Å². The number of rotatable bonds is 7. The van der Waals surface area contributed by atoms with Crippen molar-refractivity contribution in [3.05, 3.63) is 78.3 Å². The molecule has 0 spiro atoms. The first-order valence-corrected chi connectivity index (χ1v) is 11.5. The molecule has 34 heavy (non-hydrogen) atoms. The normalized spacial score (nSPS) is 15.8. The molecule has 1 aliphatic heterocycles. The molecular weight excluding hydrogens is 456 g/mol. The summed E-state index contributed by atoms with van der Waals surface area (Å²) in [5.41, 5.74) is 2.25. The fourth-order valence-electron chi connectivity index (χ4n) is 3.69. The molecule has 1 atom stereocenters. The monoisotopic (exact) mass is 476 g/mol. The summed E-state index contributed by atoms with van der Waals surface area (Å²) in [6.45, 7) is 1.93. The van der Waals surface area contributed by atoms with Gasteiger partial charge in [-0.25, -0.2) is 24.2 Å². The second-order valence-corrected chi connectivity index (χ2v) is 8.22. The number of urea groups is 1. The van der Waals surface area contributed by atoms with Crippen LogP contribution in [-0.4, -0.2) is 44.1 Å². The van der Waals surface area contributed by atoms with Gasteiger partial charge in [-0.1, -0.05) is 30.0 Å². The topological polar surface area (TPSA) is 124 Å². The van der Waals surface area contributed by atoms with Crippen LogP contribution < -0.4 is 10.6 Å². The molecule has 1 aliphatic rings. The summed E-state index contributed by atoms with van der Waals surface area (Å²) in [5.74, 6) is 0.173. The SMILES string of the molecule is CCOC(=O)C1=C(CSc2ncnc3c2cnn3-c2ccccc2)NC(=O)N[C@H]1c1ccco1. The quantitative estimate of drug-likeness (QED) is 0.236. The number of benzene rings is 1. The average Bonchev–Trinajstić information content (AvgIpc) is 3.53. The molecule has 1 aromatic carbocycles. The summed E-state index contributed by atoms with van der Waals surface area (Å²) in [6, 6.07) is 11.9. The standard InChI is InChI=1S/C23H20N6O4S/c1-2-32-22(30)18-16(27-23(31)28-19(18)17-9-6-10-33-17)12-34-21-15-11-26-29(20(15)24-13-25-21)14-7-4-3-5-8-14/h3-11,13,19H,2,12H2,1H3,(H2,27,28,31)/t19-/m0/s1. The fraction of sp³-hybridized carbons (Fsp3) is 0.174. The molecule has 2 N–H and O–H groups in total. The number of furan rings is 1. The van der Waals surface area contributed by atoms with E-state index in [0.29, 0.717) is 22.1 Å². The second-order valence-electron chi connectivity index (χ2n) is 7.26. The lowest BCUT2D eigenvalue weighted by molar-refractivity contribution is -0.139. The van der Waals surface area contributed by atoms with Crippen molar-refractivity contribution in [2.45, 2.75) is 18.0 Å². The van der Waals surface area contributed by atoms with Crippen LogP contribution in [-0.2, 0) is 9.53 Å². The van der Waals surface area contributed by atoms with E-state index in [9.17, 15) is 9.59 Å². The van der Waals surface area contributed by atoms with Crippen molar-refractivity contribution in [3.63, 3.8) is 0 Å². The first-order chi connectivity index (χ1) is 16.7. The van der Waals surface area contributed by atoms with Gasteiger partial charge in [-0.3, -0.25) is 0 Å². The van der Waals surface area contributed by atoms with Crippen molar-refractivity contribution >= 4 is 34.8 Å². The van der Waals surface area contributed by atoms with Crippen LogP contribution in [0.1, 0.15) is 18.7 Å². The minimum Gasteiger partial charge on any atom is -0.467 e. The summed E-state index contributed by atoms with van der Waals surface area (Å²) in [5, 5.41) is 11.4. The first kappa shape index (κ1) is 21.7. The van der Waals surface area contributed by atoms with E-state index in [0.717, 1.165) is 11.1 Å². The highest BCUT2D eigenvalue weighted by Gasteiger charge is 2.35. The minimum absolute atomic E-state index is 0.201. The highest BCUT2D eigenvalue weighted by molar-refractivity contribution is 7.99. The molecule has 11 heteroatoms. The molecule has 0 radical (unpaired) electrons. The number of esters is 1. The van der Waals surface area contributed by atoms with Gasteiger partial charge in [-0.2, -0.15) is 5.10 Å². The van der Waals surface area contributed by atoms with E-state index < -0.39 is 18.0 Å². The predicted octanol–water partition coefficient (Wildman–Crippen LogP) is 3.37. The van der Waals surface area contributed by atoms with Gasteiger partial charge in [0.2, 0.25) is 0 Å². The number of thioether (sulfide) groups is 1. The van der Waals surface area contributed by atoms with E-state index in [2.05, 4.69) is 25.7 Å². The Morgan fingerprint density at radius 2 is 2.06 bits per heavy atom. The maximum absolute atomic E-state index is 12.8. The molecule has 4 heterocycles. The fourth-order valence-corrected chi connectivity index (χ4v) is 4.62. The number of fused-ring (bicyclic) bond motifs is 1. The highest BCUT2D eigenvalue weighted by Crippen LogP contribution is 2.32. The number of hydrogen-bond acceptors (Lipinski definition) is 8. The van der Waals surface area contributed by atoms with E-state index in [-0.39, 0.29) is 17.9 Å². The van der Waals surface area contributed by atoms with Crippen LogP contribution in [0.3, 0.4) is 0 Å². The molecule has 0 saturated heterocycles. The van der Waals surface area contributed by atoms with Gasteiger partial charge < -0.3 is 19.8 Å². The van der Waals surface area contributed by atoms with Crippen LogP contribution in [0.25, 0.3) is 16.7 Å². The van der Waals surface area contributed by atoms with Crippen LogP contribution in [0.2, 0.25) is 0 Å². The van der Waals surface area contributed by atoms with Gasteiger partial charge in [0.05, 0.1) is 35.7 Å². The maximum Gasteiger partial charge on any atom is 0.338 e. The molecule has 0 unspecified atom stereocenters. The largest absolute Gasteiger partial charge is 0.467 e. The summed E-state index contributed by atoms with van der Waals surface area (Å²) >= 11 is 1.36. The van der Waals surface area contributed by atoms with Gasteiger partial charge in [-0.05, 0) is 31.2 Å². The Morgan fingerprint density at radius 1 is 1.21 bits per heavy atom. The summed E-state index contributed by atoms with van der Waals surface area (Å²) < 4.78 is 12.5. The lowest BCUT2D eigenvalue weighted by Gasteiger charge is -2.27. The van der Waals surface area contributed by atoms with Crippen LogP contribution in [0.4, 0.5) is 4.79 Å². The lowest BCUT2D eigenvalue weighted by Crippen LogP contribution is -2.46. The summed E-state index contributed by atoms with van der Waals surface area (Å²) in [6.07, 6.45) is 4.67.